The minimum atomic E-state index is -3.24. The van der Waals surface area contributed by atoms with E-state index in [2.05, 4.69) is 0 Å². The molecule has 1 aromatic rings. The minimum Gasteiger partial charge on any atom is -0.327 e. The number of benzene rings is 1. The lowest BCUT2D eigenvalue weighted by atomic mass is 10.0. The molecule has 3 nitrogen and oxygen atoms in total. The molecule has 100 valence electrons. The molecule has 0 bridgehead atoms. The van der Waals surface area contributed by atoms with Crippen molar-refractivity contribution in [1.82, 2.24) is 0 Å². The van der Waals surface area contributed by atoms with Crippen LogP contribution in [0, 0.1) is 12.8 Å². The maximum atomic E-state index is 12.3. The molecule has 1 aliphatic rings. The van der Waals surface area contributed by atoms with Crippen LogP contribution in [0.2, 0.25) is 0 Å². The third kappa shape index (κ3) is 3.12. The molecular weight excluding hydrogens is 246 g/mol. The quantitative estimate of drug-likeness (QED) is 0.910. The summed E-state index contributed by atoms with van der Waals surface area (Å²) in [6.07, 6.45) is 4.51. The van der Waals surface area contributed by atoms with Crippen LogP contribution in [-0.4, -0.2) is 20.2 Å². The number of hydrogen-bond acceptors (Lipinski definition) is 3. The summed E-state index contributed by atoms with van der Waals surface area (Å²) in [4.78, 5) is 0.399. The molecule has 0 radical (unpaired) electrons. The Morgan fingerprint density at radius 3 is 2.61 bits per heavy atom. The highest BCUT2D eigenvalue weighted by atomic mass is 32.2. The number of sulfone groups is 1. The van der Waals surface area contributed by atoms with E-state index in [0.29, 0.717) is 10.8 Å². The summed E-state index contributed by atoms with van der Waals surface area (Å²) in [6, 6.07) is 6.83. The summed E-state index contributed by atoms with van der Waals surface area (Å²) in [5, 5.41) is 0. The minimum absolute atomic E-state index is 0.0706. The fourth-order valence-electron chi connectivity index (χ4n) is 2.68. The maximum absolute atomic E-state index is 12.3. The zero-order valence-corrected chi connectivity index (χ0v) is 11.6. The van der Waals surface area contributed by atoms with Crippen molar-refractivity contribution in [2.45, 2.75) is 43.5 Å². The van der Waals surface area contributed by atoms with Gasteiger partial charge in [0.2, 0.25) is 0 Å². The van der Waals surface area contributed by atoms with Crippen LogP contribution in [0.15, 0.2) is 29.2 Å². The smallest absolute Gasteiger partial charge is 0.179 e. The Balaban J connectivity index is 2.11. The van der Waals surface area contributed by atoms with Gasteiger partial charge in [0.05, 0.1) is 10.6 Å². The number of rotatable bonds is 4. The fourth-order valence-corrected chi connectivity index (χ4v) is 4.30. The summed E-state index contributed by atoms with van der Waals surface area (Å²) in [7, 11) is -3.24. The van der Waals surface area contributed by atoms with Crippen molar-refractivity contribution in [2.75, 3.05) is 5.75 Å². The summed E-state index contributed by atoms with van der Waals surface area (Å²) >= 11 is 0. The predicted molar refractivity (Wildman–Crippen MR) is 73.2 cm³/mol. The molecular formula is C14H21NO2S. The van der Waals surface area contributed by atoms with Crippen LogP contribution < -0.4 is 5.73 Å². The van der Waals surface area contributed by atoms with Gasteiger partial charge in [-0.1, -0.05) is 25.0 Å². The Morgan fingerprint density at radius 1 is 1.33 bits per heavy atom. The molecule has 0 aliphatic heterocycles. The second-order valence-corrected chi connectivity index (χ2v) is 7.34. The molecule has 1 atom stereocenters. The molecule has 1 aliphatic carbocycles. The summed E-state index contributed by atoms with van der Waals surface area (Å²) < 4.78 is 24.5. The highest BCUT2D eigenvalue weighted by Crippen LogP contribution is 2.28. The summed E-state index contributed by atoms with van der Waals surface area (Å²) in [5.41, 5.74) is 7.02. The molecule has 1 saturated carbocycles. The van der Waals surface area contributed by atoms with Crippen LogP contribution in [0.1, 0.15) is 31.2 Å². The second kappa shape index (κ2) is 5.41. The lowest BCUT2D eigenvalue weighted by Gasteiger charge is -2.18. The molecule has 4 heteroatoms. The highest BCUT2D eigenvalue weighted by molar-refractivity contribution is 7.91. The van der Waals surface area contributed by atoms with Crippen LogP contribution in [-0.2, 0) is 9.84 Å². The topological polar surface area (TPSA) is 60.2 Å². The summed E-state index contributed by atoms with van der Waals surface area (Å²) in [6.45, 7) is 1.90. The third-order valence-corrected chi connectivity index (χ3v) is 5.56. The van der Waals surface area contributed by atoms with Crippen molar-refractivity contribution in [2.24, 2.45) is 11.7 Å². The molecule has 0 spiro atoms. The Labute approximate surface area is 109 Å². The molecule has 0 saturated heterocycles. The van der Waals surface area contributed by atoms with Crippen molar-refractivity contribution >= 4 is 9.84 Å². The van der Waals surface area contributed by atoms with E-state index in [1.807, 2.05) is 13.0 Å². The van der Waals surface area contributed by atoms with Crippen molar-refractivity contribution in [3.63, 3.8) is 0 Å². The standard InChI is InChI=1S/C14H21NO2S/c1-11-5-4-8-13(9-11)18(16,17)10-14(15)12-6-2-3-7-12/h4-5,8-9,12,14H,2-3,6-7,10,15H2,1H3. The molecule has 2 N–H and O–H groups in total. The average molecular weight is 267 g/mol. The van der Waals surface area contributed by atoms with E-state index in [0.717, 1.165) is 18.4 Å². The van der Waals surface area contributed by atoms with Gasteiger partial charge in [-0.05, 0) is 43.4 Å². The van der Waals surface area contributed by atoms with Gasteiger partial charge in [-0.2, -0.15) is 0 Å². The number of nitrogens with two attached hydrogens (primary N) is 1. The van der Waals surface area contributed by atoms with Gasteiger partial charge < -0.3 is 5.73 Å². The first-order valence-electron chi connectivity index (χ1n) is 6.54. The van der Waals surface area contributed by atoms with Gasteiger partial charge in [-0.15, -0.1) is 0 Å². The van der Waals surface area contributed by atoms with Gasteiger partial charge >= 0.3 is 0 Å². The van der Waals surface area contributed by atoms with E-state index in [1.54, 1.807) is 18.2 Å². The number of hydrogen-bond donors (Lipinski definition) is 1. The van der Waals surface area contributed by atoms with Gasteiger partial charge in [-0.3, -0.25) is 0 Å². The van der Waals surface area contributed by atoms with Crippen LogP contribution in [0.3, 0.4) is 0 Å². The van der Waals surface area contributed by atoms with Crippen LogP contribution in [0.25, 0.3) is 0 Å². The molecule has 1 fully saturated rings. The Hall–Kier alpha value is -0.870. The lowest BCUT2D eigenvalue weighted by molar-refractivity contribution is 0.455. The Morgan fingerprint density at radius 2 is 2.00 bits per heavy atom. The maximum Gasteiger partial charge on any atom is 0.179 e. The average Bonchev–Trinajstić information content (AvgIpc) is 2.82. The third-order valence-electron chi connectivity index (χ3n) is 3.77. The van der Waals surface area contributed by atoms with E-state index < -0.39 is 9.84 Å². The van der Waals surface area contributed by atoms with E-state index in [4.69, 9.17) is 5.73 Å². The van der Waals surface area contributed by atoms with E-state index in [-0.39, 0.29) is 11.8 Å². The van der Waals surface area contributed by atoms with Gasteiger partial charge in [0, 0.05) is 6.04 Å². The first kappa shape index (κ1) is 13.6. The van der Waals surface area contributed by atoms with Gasteiger partial charge in [0.1, 0.15) is 0 Å². The Bertz CT molecular complexity index is 504. The molecule has 1 aromatic carbocycles. The van der Waals surface area contributed by atoms with Crippen molar-refractivity contribution in [1.29, 1.82) is 0 Å². The van der Waals surface area contributed by atoms with Gasteiger partial charge in [0.15, 0.2) is 9.84 Å². The molecule has 1 unspecified atom stereocenters. The molecule has 0 aromatic heterocycles. The van der Waals surface area contributed by atoms with Crippen molar-refractivity contribution < 1.29 is 8.42 Å². The van der Waals surface area contributed by atoms with Crippen LogP contribution in [0.4, 0.5) is 0 Å². The summed E-state index contributed by atoms with van der Waals surface area (Å²) in [5.74, 6) is 0.450. The monoisotopic (exact) mass is 267 g/mol. The van der Waals surface area contributed by atoms with Crippen LogP contribution >= 0.6 is 0 Å². The molecule has 0 heterocycles. The molecule has 18 heavy (non-hydrogen) atoms. The van der Waals surface area contributed by atoms with Gasteiger partial charge in [0.25, 0.3) is 0 Å². The first-order valence-corrected chi connectivity index (χ1v) is 8.19. The van der Waals surface area contributed by atoms with E-state index in [1.165, 1.54) is 12.8 Å². The zero-order chi connectivity index (χ0) is 13.2. The SMILES string of the molecule is Cc1cccc(S(=O)(=O)CC(N)C2CCCC2)c1. The lowest BCUT2D eigenvalue weighted by Crippen LogP contribution is -2.35. The van der Waals surface area contributed by atoms with E-state index >= 15 is 0 Å². The Kier molecular flexibility index (Phi) is 4.07. The molecule has 2 rings (SSSR count). The zero-order valence-electron chi connectivity index (χ0n) is 10.8. The van der Waals surface area contributed by atoms with Gasteiger partial charge in [-0.25, -0.2) is 8.42 Å². The second-order valence-electron chi connectivity index (χ2n) is 5.31. The largest absolute Gasteiger partial charge is 0.327 e. The van der Waals surface area contributed by atoms with Crippen LogP contribution in [0.5, 0.6) is 0 Å². The van der Waals surface area contributed by atoms with Crippen molar-refractivity contribution in [3.8, 4) is 0 Å². The highest BCUT2D eigenvalue weighted by Gasteiger charge is 2.27. The number of aryl methyl sites for hydroxylation is 1. The predicted octanol–water partition coefficient (Wildman–Crippen LogP) is 2.29. The fraction of sp³-hybridized carbons (Fsp3) is 0.571. The van der Waals surface area contributed by atoms with Crippen molar-refractivity contribution in [3.05, 3.63) is 29.8 Å². The normalized spacial score (nSPS) is 19.0. The van der Waals surface area contributed by atoms with E-state index in [9.17, 15) is 8.42 Å². The first-order chi connectivity index (χ1) is 8.49. The molecule has 0 amide bonds.